The lowest BCUT2D eigenvalue weighted by Crippen LogP contribution is -2.50. The number of anilines is 1. The molecule has 7 nitrogen and oxygen atoms in total. The van der Waals surface area contributed by atoms with Crippen LogP contribution in [0.15, 0.2) is 59.5 Å². The first-order chi connectivity index (χ1) is 14.2. The summed E-state index contributed by atoms with van der Waals surface area (Å²) in [6, 6.07) is 15.5. The van der Waals surface area contributed by atoms with Gasteiger partial charge in [0.15, 0.2) is 5.13 Å². The number of carbonyl (C=O) groups is 1. The van der Waals surface area contributed by atoms with E-state index < -0.39 is 0 Å². The normalized spacial score (nSPS) is 14.6. The fourth-order valence-corrected chi connectivity index (χ4v) is 4.67. The molecular weight excluding hydrogens is 386 g/mol. The monoisotopic (exact) mass is 405 g/mol. The number of hydrogen-bond acceptors (Lipinski definition) is 6. The number of nitrogens with zero attached hydrogens (tertiary/aromatic N) is 5. The summed E-state index contributed by atoms with van der Waals surface area (Å²) in [6.07, 6.45) is 1.28. The molecule has 0 radical (unpaired) electrons. The third kappa shape index (κ3) is 3.36. The lowest BCUT2D eigenvalue weighted by atomic mass is 10.3. The summed E-state index contributed by atoms with van der Waals surface area (Å²) in [7, 11) is 0. The van der Waals surface area contributed by atoms with Crippen molar-refractivity contribution in [3.05, 3.63) is 65.1 Å². The number of amides is 1. The van der Waals surface area contributed by atoms with Crippen LogP contribution in [0, 0.1) is 0 Å². The van der Waals surface area contributed by atoms with Crippen LogP contribution >= 0.6 is 11.3 Å². The zero-order chi connectivity index (χ0) is 19.8. The predicted octanol–water partition coefficient (Wildman–Crippen LogP) is 2.36. The Labute approximate surface area is 170 Å². The molecule has 0 atom stereocenters. The number of para-hydroxylation sites is 3. The molecule has 1 aliphatic rings. The van der Waals surface area contributed by atoms with Crippen LogP contribution in [0.3, 0.4) is 0 Å². The van der Waals surface area contributed by atoms with Crippen LogP contribution in [0.4, 0.5) is 5.13 Å². The topological polar surface area (TPSA) is 71.3 Å². The second-order valence-corrected chi connectivity index (χ2v) is 8.01. The molecule has 29 heavy (non-hydrogen) atoms. The Morgan fingerprint density at radius 3 is 2.48 bits per heavy atom. The van der Waals surface area contributed by atoms with Crippen LogP contribution in [-0.4, -0.2) is 51.5 Å². The fourth-order valence-electron chi connectivity index (χ4n) is 3.66. The number of hydrogen-bond donors (Lipinski definition) is 0. The summed E-state index contributed by atoms with van der Waals surface area (Å²) in [6.45, 7) is 2.73. The Morgan fingerprint density at radius 1 is 0.966 bits per heavy atom. The molecule has 0 N–H and O–H groups in total. The molecule has 0 spiro atoms. The Morgan fingerprint density at radius 2 is 1.69 bits per heavy atom. The van der Waals surface area contributed by atoms with Crippen LogP contribution in [0.2, 0.25) is 0 Å². The third-order valence-corrected chi connectivity index (χ3v) is 6.33. The van der Waals surface area contributed by atoms with Crippen molar-refractivity contribution in [3.63, 3.8) is 0 Å². The number of rotatable bonds is 3. The van der Waals surface area contributed by atoms with E-state index in [0.29, 0.717) is 24.1 Å². The first-order valence-electron chi connectivity index (χ1n) is 9.52. The average Bonchev–Trinajstić information content (AvgIpc) is 3.20. The fraction of sp³-hybridized carbons (Fsp3) is 0.238. The van der Waals surface area contributed by atoms with E-state index >= 15 is 0 Å². The van der Waals surface area contributed by atoms with E-state index in [1.807, 2.05) is 47.4 Å². The zero-order valence-corrected chi connectivity index (χ0v) is 16.5. The van der Waals surface area contributed by atoms with Crippen molar-refractivity contribution < 1.29 is 4.79 Å². The minimum Gasteiger partial charge on any atom is -0.345 e. The summed E-state index contributed by atoms with van der Waals surface area (Å²) >= 11 is 1.68. The summed E-state index contributed by atoms with van der Waals surface area (Å²) in [5.41, 5.74) is 2.14. The van der Waals surface area contributed by atoms with E-state index in [2.05, 4.69) is 16.0 Å². The SMILES string of the molecule is O=C(Cn1c(=O)cnc2ccccc21)N1CCN(c2nc3ccccc3s2)CC1. The van der Waals surface area contributed by atoms with Gasteiger partial charge in [-0.1, -0.05) is 35.6 Å². The Kier molecular flexibility index (Phi) is 4.48. The van der Waals surface area contributed by atoms with Crippen LogP contribution in [0.5, 0.6) is 0 Å². The smallest absolute Gasteiger partial charge is 0.269 e. The minimum absolute atomic E-state index is 0.0308. The minimum atomic E-state index is -0.259. The Hall–Kier alpha value is -3.26. The van der Waals surface area contributed by atoms with Gasteiger partial charge in [0.05, 0.1) is 27.4 Å². The number of carbonyl (C=O) groups excluding carboxylic acids is 1. The molecule has 1 fully saturated rings. The lowest BCUT2D eigenvalue weighted by Gasteiger charge is -2.34. The maximum absolute atomic E-state index is 12.9. The van der Waals surface area contributed by atoms with Crippen molar-refractivity contribution in [1.82, 2.24) is 19.4 Å². The molecule has 146 valence electrons. The van der Waals surface area contributed by atoms with Gasteiger partial charge in [0.2, 0.25) is 5.91 Å². The van der Waals surface area contributed by atoms with Gasteiger partial charge in [-0.15, -0.1) is 0 Å². The molecule has 5 rings (SSSR count). The first kappa shape index (κ1) is 17.8. The van der Waals surface area contributed by atoms with Gasteiger partial charge in [-0.05, 0) is 24.3 Å². The molecule has 0 unspecified atom stereocenters. The quantitative estimate of drug-likeness (QED) is 0.523. The maximum Gasteiger partial charge on any atom is 0.269 e. The molecule has 1 aliphatic heterocycles. The van der Waals surface area contributed by atoms with Crippen molar-refractivity contribution in [2.24, 2.45) is 0 Å². The van der Waals surface area contributed by atoms with Gasteiger partial charge < -0.3 is 9.80 Å². The van der Waals surface area contributed by atoms with E-state index in [1.165, 1.54) is 15.5 Å². The molecule has 2 aromatic carbocycles. The molecule has 0 bridgehead atoms. The molecule has 1 saturated heterocycles. The van der Waals surface area contributed by atoms with Crippen LogP contribution in [0.25, 0.3) is 21.3 Å². The zero-order valence-electron chi connectivity index (χ0n) is 15.7. The van der Waals surface area contributed by atoms with Gasteiger partial charge in [0, 0.05) is 26.2 Å². The second kappa shape index (κ2) is 7.29. The number of aromatic nitrogens is 3. The van der Waals surface area contributed by atoms with Gasteiger partial charge in [0.25, 0.3) is 5.56 Å². The highest BCUT2D eigenvalue weighted by molar-refractivity contribution is 7.22. The number of fused-ring (bicyclic) bond motifs is 2. The highest BCUT2D eigenvalue weighted by atomic mass is 32.1. The largest absolute Gasteiger partial charge is 0.345 e. The van der Waals surface area contributed by atoms with E-state index in [-0.39, 0.29) is 18.0 Å². The predicted molar refractivity (Wildman–Crippen MR) is 114 cm³/mol. The van der Waals surface area contributed by atoms with Crippen molar-refractivity contribution >= 4 is 43.6 Å². The highest BCUT2D eigenvalue weighted by Crippen LogP contribution is 2.29. The van der Waals surface area contributed by atoms with Gasteiger partial charge in [-0.25, -0.2) is 9.97 Å². The van der Waals surface area contributed by atoms with E-state index in [0.717, 1.165) is 23.7 Å². The van der Waals surface area contributed by atoms with Crippen LogP contribution in [0.1, 0.15) is 0 Å². The van der Waals surface area contributed by atoms with Gasteiger partial charge in [-0.2, -0.15) is 0 Å². The highest BCUT2D eigenvalue weighted by Gasteiger charge is 2.23. The van der Waals surface area contributed by atoms with Crippen molar-refractivity contribution in [2.75, 3.05) is 31.1 Å². The van der Waals surface area contributed by atoms with Crippen LogP contribution in [-0.2, 0) is 11.3 Å². The summed E-state index contributed by atoms with van der Waals surface area (Å²) < 4.78 is 2.68. The molecule has 4 aromatic rings. The van der Waals surface area contributed by atoms with Crippen molar-refractivity contribution in [2.45, 2.75) is 6.54 Å². The molecule has 0 aliphatic carbocycles. The Bertz CT molecular complexity index is 1220. The van der Waals surface area contributed by atoms with Crippen LogP contribution < -0.4 is 10.5 Å². The molecule has 1 amide bonds. The maximum atomic E-state index is 12.9. The van der Waals surface area contributed by atoms with Crippen molar-refractivity contribution in [1.29, 1.82) is 0 Å². The second-order valence-electron chi connectivity index (χ2n) is 7.00. The molecular formula is C21H19N5O2S. The summed E-state index contributed by atoms with van der Waals surface area (Å²) in [4.78, 5) is 38.1. The standard InChI is InChI=1S/C21H19N5O2S/c27-19-13-22-15-5-1-3-7-17(15)26(19)14-20(28)24-9-11-25(12-10-24)21-23-16-6-2-4-8-18(16)29-21/h1-8,13H,9-12,14H2. The van der Waals surface area contributed by atoms with Gasteiger partial charge in [0.1, 0.15) is 6.54 Å². The van der Waals surface area contributed by atoms with E-state index in [4.69, 9.17) is 4.98 Å². The van der Waals surface area contributed by atoms with Gasteiger partial charge >= 0.3 is 0 Å². The van der Waals surface area contributed by atoms with Crippen molar-refractivity contribution in [3.8, 4) is 0 Å². The third-order valence-electron chi connectivity index (χ3n) is 5.23. The van der Waals surface area contributed by atoms with E-state index in [9.17, 15) is 9.59 Å². The first-order valence-corrected chi connectivity index (χ1v) is 10.3. The molecule has 3 heterocycles. The molecule has 2 aromatic heterocycles. The van der Waals surface area contributed by atoms with E-state index in [1.54, 1.807) is 11.3 Å². The van der Waals surface area contributed by atoms with Gasteiger partial charge in [-0.3, -0.25) is 14.2 Å². The summed E-state index contributed by atoms with van der Waals surface area (Å²) in [5.74, 6) is -0.0487. The summed E-state index contributed by atoms with van der Waals surface area (Å²) in [5, 5.41) is 0.995. The average molecular weight is 405 g/mol. The number of piperazine rings is 1. The lowest BCUT2D eigenvalue weighted by molar-refractivity contribution is -0.132. The Balaban J connectivity index is 1.29. The number of benzene rings is 2. The number of thiazole rings is 1. The molecule has 0 saturated carbocycles. The molecule has 8 heteroatoms.